The molecule has 1 saturated heterocycles. The Morgan fingerprint density at radius 3 is 2.70 bits per heavy atom. The first-order chi connectivity index (χ1) is 9.29. The molecule has 1 N–H and O–H groups in total. The fourth-order valence-electron chi connectivity index (χ4n) is 5.39. The summed E-state index contributed by atoms with van der Waals surface area (Å²) in [6, 6.07) is 0.319. The van der Waals surface area contributed by atoms with Crippen LogP contribution in [0.5, 0.6) is 0 Å². The molecule has 3 heteroatoms. The van der Waals surface area contributed by atoms with Gasteiger partial charge in [-0.2, -0.15) is 0 Å². The number of amides is 1. The molecule has 3 aliphatic rings. The van der Waals surface area contributed by atoms with Gasteiger partial charge in [0.25, 0.3) is 0 Å². The molecule has 0 unspecified atom stereocenters. The van der Waals surface area contributed by atoms with Gasteiger partial charge < -0.3 is 10.1 Å². The van der Waals surface area contributed by atoms with E-state index in [-0.39, 0.29) is 22.7 Å². The van der Waals surface area contributed by atoms with E-state index in [1.54, 1.807) is 0 Å². The molecule has 0 radical (unpaired) electrons. The van der Waals surface area contributed by atoms with Crippen molar-refractivity contribution in [1.29, 1.82) is 0 Å². The van der Waals surface area contributed by atoms with Crippen LogP contribution in [0.25, 0.3) is 0 Å². The van der Waals surface area contributed by atoms with Gasteiger partial charge in [-0.05, 0) is 48.9 Å². The topological polar surface area (TPSA) is 38.3 Å². The molecule has 2 bridgehead atoms. The van der Waals surface area contributed by atoms with Crippen LogP contribution in [0.2, 0.25) is 0 Å². The van der Waals surface area contributed by atoms with Crippen LogP contribution >= 0.6 is 0 Å². The zero-order valence-corrected chi connectivity index (χ0v) is 13.5. The van der Waals surface area contributed by atoms with Crippen LogP contribution in [0, 0.1) is 28.6 Å². The molecule has 20 heavy (non-hydrogen) atoms. The molecule has 3 rings (SSSR count). The van der Waals surface area contributed by atoms with Gasteiger partial charge >= 0.3 is 0 Å². The average Bonchev–Trinajstić information content (AvgIpc) is 2.84. The van der Waals surface area contributed by atoms with Crippen LogP contribution in [0.15, 0.2) is 0 Å². The number of hydrogen-bond donors (Lipinski definition) is 1. The van der Waals surface area contributed by atoms with E-state index >= 15 is 0 Å². The van der Waals surface area contributed by atoms with E-state index < -0.39 is 0 Å². The van der Waals surface area contributed by atoms with E-state index in [1.807, 2.05) is 13.8 Å². The van der Waals surface area contributed by atoms with Crippen LogP contribution in [0.4, 0.5) is 0 Å². The number of ether oxygens (including phenoxy) is 1. The van der Waals surface area contributed by atoms with Gasteiger partial charge in [-0.3, -0.25) is 4.79 Å². The third-order valence-electron chi connectivity index (χ3n) is 6.60. The number of rotatable bonds is 2. The summed E-state index contributed by atoms with van der Waals surface area (Å²) in [6.07, 6.45) is 4.03. The van der Waals surface area contributed by atoms with Gasteiger partial charge in [0.1, 0.15) is 0 Å². The van der Waals surface area contributed by atoms with Crippen molar-refractivity contribution in [2.75, 3.05) is 6.61 Å². The molecule has 5 atom stereocenters. The maximum Gasteiger partial charge on any atom is 0.222 e. The average molecular weight is 279 g/mol. The van der Waals surface area contributed by atoms with Gasteiger partial charge in [-0.25, -0.2) is 0 Å². The highest BCUT2D eigenvalue weighted by Gasteiger charge is 2.67. The van der Waals surface area contributed by atoms with E-state index in [2.05, 4.69) is 26.1 Å². The second kappa shape index (κ2) is 4.46. The highest BCUT2D eigenvalue weighted by Crippen LogP contribution is 2.68. The predicted octanol–water partition coefficient (Wildman–Crippen LogP) is 2.99. The molecule has 1 amide bonds. The van der Waals surface area contributed by atoms with Crippen molar-refractivity contribution in [1.82, 2.24) is 5.32 Å². The van der Waals surface area contributed by atoms with Crippen LogP contribution in [0.3, 0.4) is 0 Å². The molecule has 1 heterocycles. The first-order valence-corrected chi connectivity index (χ1v) is 8.21. The van der Waals surface area contributed by atoms with Crippen molar-refractivity contribution in [2.24, 2.45) is 28.6 Å². The lowest BCUT2D eigenvalue weighted by molar-refractivity contribution is -0.136. The van der Waals surface area contributed by atoms with Gasteiger partial charge in [0.05, 0.1) is 6.10 Å². The zero-order chi connectivity index (χ0) is 14.7. The summed E-state index contributed by atoms with van der Waals surface area (Å²) < 4.78 is 5.90. The standard InChI is InChI=1S/C17H29NO2/c1-10(2)14(19)18-15-16(4,5)12-8-13-11(3)20-7-6-17(13,15)9-12/h10-13,15H,6-9H2,1-5H3,(H,18,19)/t11-,12-,13-,15+,17-/m1/s1. The Hall–Kier alpha value is -0.570. The minimum absolute atomic E-state index is 0.0667. The number of fused-ring (bicyclic) bond motifs is 1. The van der Waals surface area contributed by atoms with Crippen molar-refractivity contribution in [3.05, 3.63) is 0 Å². The minimum Gasteiger partial charge on any atom is -0.378 e. The van der Waals surface area contributed by atoms with Gasteiger partial charge in [0.15, 0.2) is 0 Å². The highest BCUT2D eigenvalue weighted by atomic mass is 16.5. The van der Waals surface area contributed by atoms with Crippen LogP contribution in [0.1, 0.15) is 53.9 Å². The molecular formula is C17H29NO2. The Labute approximate surface area is 122 Å². The lowest BCUT2D eigenvalue weighted by Gasteiger charge is -2.53. The predicted molar refractivity (Wildman–Crippen MR) is 79.2 cm³/mol. The van der Waals surface area contributed by atoms with Crippen molar-refractivity contribution >= 4 is 5.91 Å². The summed E-state index contributed by atoms with van der Waals surface area (Å²) in [6.45, 7) is 11.8. The molecule has 1 spiro atoms. The van der Waals surface area contributed by atoms with Crippen LogP contribution in [-0.2, 0) is 9.53 Å². The summed E-state index contributed by atoms with van der Waals surface area (Å²) >= 11 is 0. The summed E-state index contributed by atoms with van der Waals surface area (Å²) in [7, 11) is 0. The van der Waals surface area contributed by atoms with Crippen molar-refractivity contribution in [2.45, 2.75) is 66.0 Å². The maximum atomic E-state index is 12.3. The monoisotopic (exact) mass is 279 g/mol. The van der Waals surface area contributed by atoms with Crippen molar-refractivity contribution < 1.29 is 9.53 Å². The third kappa shape index (κ3) is 1.78. The van der Waals surface area contributed by atoms with Gasteiger partial charge in [-0.1, -0.05) is 27.7 Å². The summed E-state index contributed by atoms with van der Waals surface area (Å²) in [5, 5.41) is 3.42. The quantitative estimate of drug-likeness (QED) is 0.844. The van der Waals surface area contributed by atoms with Gasteiger partial charge in [0.2, 0.25) is 5.91 Å². The second-order valence-corrected chi connectivity index (χ2v) is 8.22. The SMILES string of the molecule is CC(C)C(=O)N[C@H]1C(C)(C)[C@@H]2C[C@@H]3[C@@H](C)OCC[C@@]31C2. The third-order valence-corrected chi connectivity index (χ3v) is 6.60. The molecule has 2 saturated carbocycles. The van der Waals surface area contributed by atoms with Crippen LogP contribution in [-0.4, -0.2) is 24.7 Å². The molecular weight excluding hydrogens is 250 g/mol. The fourth-order valence-corrected chi connectivity index (χ4v) is 5.39. The largest absolute Gasteiger partial charge is 0.378 e. The highest BCUT2D eigenvalue weighted by molar-refractivity contribution is 5.78. The smallest absolute Gasteiger partial charge is 0.222 e. The molecule has 0 aromatic carbocycles. The fraction of sp³-hybridized carbons (Fsp3) is 0.941. The Balaban J connectivity index is 1.92. The van der Waals surface area contributed by atoms with E-state index in [9.17, 15) is 4.79 Å². The Kier molecular flexibility index (Phi) is 3.20. The van der Waals surface area contributed by atoms with E-state index in [0.717, 1.165) is 18.9 Å². The first kappa shape index (κ1) is 14.4. The van der Waals surface area contributed by atoms with Crippen molar-refractivity contribution in [3.63, 3.8) is 0 Å². The molecule has 3 nitrogen and oxygen atoms in total. The number of nitrogens with one attached hydrogen (secondary N) is 1. The Morgan fingerprint density at radius 1 is 1.35 bits per heavy atom. The van der Waals surface area contributed by atoms with Gasteiger partial charge in [0, 0.05) is 18.6 Å². The van der Waals surface area contributed by atoms with Crippen LogP contribution < -0.4 is 5.32 Å². The zero-order valence-electron chi connectivity index (χ0n) is 13.5. The number of hydrogen-bond acceptors (Lipinski definition) is 2. The molecule has 2 aliphatic carbocycles. The summed E-state index contributed by atoms with van der Waals surface area (Å²) in [4.78, 5) is 12.3. The van der Waals surface area contributed by atoms with Crippen molar-refractivity contribution in [3.8, 4) is 0 Å². The lowest BCUT2D eigenvalue weighted by Crippen LogP contribution is -2.60. The Bertz CT molecular complexity index is 417. The number of carbonyl (C=O) groups excluding carboxylic acids is 1. The van der Waals surface area contributed by atoms with E-state index in [4.69, 9.17) is 4.74 Å². The molecule has 3 fully saturated rings. The maximum absolute atomic E-state index is 12.3. The van der Waals surface area contributed by atoms with Gasteiger partial charge in [-0.15, -0.1) is 0 Å². The Morgan fingerprint density at radius 2 is 2.05 bits per heavy atom. The second-order valence-electron chi connectivity index (χ2n) is 8.22. The van der Waals surface area contributed by atoms with E-state index in [1.165, 1.54) is 12.8 Å². The summed E-state index contributed by atoms with van der Waals surface area (Å²) in [5.74, 6) is 1.64. The molecule has 0 aromatic heterocycles. The molecule has 0 aromatic rings. The molecule has 1 aliphatic heterocycles. The normalized spacial score (nSPS) is 45.5. The van der Waals surface area contributed by atoms with E-state index in [0.29, 0.717) is 18.1 Å². The number of carbonyl (C=O) groups is 1. The minimum atomic E-state index is 0.0667. The first-order valence-electron chi connectivity index (χ1n) is 8.21. The summed E-state index contributed by atoms with van der Waals surface area (Å²) in [5.41, 5.74) is 0.508. The lowest BCUT2D eigenvalue weighted by atomic mass is 9.59. The molecule has 114 valence electrons.